The molecule has 0 aromatic carbocycles. The van der Waals surface area contributed by atoms with E-state index in [4.69, 9.17) is 21.1 Å². The number of rotatable bonds is 6. The number of amides is 1. The Balaban J connectivity index is 1.10. The van der Waals surface area contributed by atoms with E-state index in [1.807, 2.05) is 31.2 Å². The first-order chi connectivity index (χ1) is 16.9. The van der Waals surface area contributed by atoms with Crippen molar-refractivity contribution in [3.63, 3.8) is 0 Å². The van der Waals surface area contributed by atoms with Gasteiger partial charge in [0.15, 0.2) is 23.9 Å². The lowest BCUT2D eigenvalue weighted by Crippen LogP contribution is -2.55. The Hall–Kier alpha value is -2.97. The molecule has 8 nitrogen and oxygen atoms in total. The summed E-state index contributed by atoms with van der Waals surface area (Å²) in [6.07, 6.45) is 8.27. The van der Waals surface area contributed by atoms with Crippen LogP contribution in [0.5, 0.6) is 11.5 Å². The fourth-order valence-corrected chi connectivity index (χ4v) is 5.80. The molecule has 3 fully saturated rings. The SMILES string of the molecule is Cc1ccc2ncc(Cl)c(OCC34CCC(NCc5ccc6c(n5)NC(=O)CO6)(CC3)CC4)c2n1. The number of carbonyl (C=O) groups is 1. The quantitative estimate of drug-likeness (QED) is 0.518. The summed E-state index contributed by atoms with van der Waals surface area (Å²) < 4.78 is 11.8. The van der Waals surface area contributed by atoms with Crippen LogP contribution in [-0.4, -0.2) is 39.6 Å². The Bertz CT molecular complexity index is 1280. The van der Waals surface area contributed by atoms with Crippen LogP contribution < -0.4 is 20.1 Å². The molecule has 9 heteroatoms. The monoisotopic (exact) mass is 493 g/mol. The van der Waals surface area contributed by atoms with E-state index < -0.39 is 0 Å². The zero-order valence-electron chi connectivity index (χ0n) is 19.7. The average Bonchev–Trinajstić information content (AvgIpc) is 2.88. The molecule has 1 aliphatic heterocycles. The van der Waals surface area contributed by atoms with E-state index >= 15 is 0 Å². The standard InChI is InChI=1S/C26H28ClN5O3/c1-16-2-4-19-22(30-16)23(18(27)13-28-19)35-15-25-6-9-26(10-7-25,11-8-25)29-12-17-3-5-20-24(31-17)32-21(33)14-34-20/h2-5,13,29H,6-12,14-15H2,1H3,(H,31,32,33). The van der Waals surface area contributed by atoms with Crippen LogP contribution in [0.1, 0.15) is 49.9 Å². The lowest BCUT2D eigenvalue weighted by molar-refractivity contribution is -0.118. The number of fused-ring (bicyclic) bond motifs is 5. The molecule has 0 saturated heterocycles. The van der Waals surface area contributed by atoms with E-state index in [0.29, 0.717) is 35.5 Å². The number of halogens is 1. The Morgan fingerprint density at radius 2 is 1.91 bits per heavy atom. The smallest absolute Gasteiger partial charge is 0.263 e. The van der Waals surface area contributed by atoms with Gasteiger partial charge < -0.3 is 20.1 Å². The van der Waals surface area contributed by atoms with E-state index in [2.05, 4.69) is 25.6 Å². The van der Waals surface area contributed by atoms with Gasteiger partial charge in [-0.05, 0) is 69.7 Å². The molecule has 2 N–H and O–H groups in total. The molecule has 0 unspecified atom stereocenters. The Labute approximate surface area is 208 Å². The minimum absolute atomic E-state index is 0.0423. The number of aromatic nitrogens is 3. The summed E-state index contributed by atoms with van der Waals surface area (Å²) in [5.74, 6) is 1.61. The van der Waals surface area contributed by atoms with Gasteiger partial charge in [-0.15, -0.1) is 0 Å². The van der Waals surface area contributed by atoms with Gasteiger partial charge in [0.05, 0.1) is 24.0 Å². The minimum atomic E-state index is -0.168. The molecule has 7 rings (SSSR count). The molecule has 1 amide bonds. The van der Waals surface area contributed by atoms with E-state index in [1.165, 1.54) is 0 Å². The van der Waals surface area contributed by atoms with E-state index in [9.17, 15) is 4.79 Å². The summed E-state index contributed by atoms with van der Waals surface area (Å²) in [7, 11) is 0. The summed E-state index contributed by atoms with van der Waals surface area (Å²) in [6, 6.07) is 7.75. The second-order valence-corrected chi connectivity index (χ2v) is 10.6. The van der Waals surface area contributed by atoms with Crippen molar-refractivity contribution >= 4 is 34.4 Å². The summed E-state index contributed by atoms with van der Waals surface area (Å²) in [5, 5.41) is 7.09. The highest BCUT2D eigenvalue weighted by atomic mass is 35.5. The van der Waals surface area contributed by atoms with Crippen molar-refractivity contribution < 1.29 is 14.3 Å². The predicted octanol–water partition coefficient (Wildman–Crippen LogP) is 4.58. The van der Waals surface area contributed by atoms with Gasteiger partial charge in [-0.25, -0.2) is 9.97 Å². The molecule has 0 radical (unpaired) electrons. The zero-order valence-corrected chi connectivity index (χ0v) is 20.5. The molecule has 3 aliphatic carbocycles. The Morgan fingerprint density at radius 1 is 1.11 bits per heavy atom. The van der Waals surface area contributed by atoms with Gasteiger partial charge in [0.1, 0.15) is 10.5 Å². The van der Waals surface area contributed by atoms with Gasteiger partial charge in [0, 0.05) is 23.2 Å². The van der Waals surface area contributed by atoms with Crippen LogP contribution >= 0.6 is 11.6 Å². The summed E-state index contributed by atoms with van der Waals surface area (Å²) in [5.41, 5.74) is 3.63. The van der Waals surface area contributed by atoms with Crippen LogP contribution in [0, 0.1) is 12.3 Å². The number of pyridine rings is 3. The lowest BCUT2D eigenvalue weighted by atomic mass is 9.57. The third kappa shape index (κ3) is 4.29. The summed E-state index contributed by atoms with van der Waals surface area (Å²) >= 11 is 6.47. The van der Waals surface area contributed by atoms with Crippen LogP contribution in [0.25, 0.3) is 11.0 Å². The van der Waals surface area contributed by atoms with Gasteiger partial charge in [-0.3, -0.25) is 9.78 Å². The third-order valence-electron chi connectivity index (χ3n) is 7.86. The largest absolute Gasteiger partial charge is 0.489 e. The maximum absolute atomic E-state index is 11.6. The Morgan fingerprint density at radius 3 is 2.71 bits per heavy atom. The number of aryl methyl sites for hydroxylation is 1. The molecule has 2 bridgehead atoms. The molecule has 35 heavy (non-hydrogen) atoms. The molecular formula is C26H28ClN5O3. The first-order valence-electron chi connectivity index (χ1n) is 12.2. The molecule has 0 spiro atoms. The second kappa shape index (κ2) is 8.60. The van der Waals surface area contributed by atoms with Crippen molar-refractivity contribution in [1.29, 1.82) is 0 Å². The maximum atomic E-state index is 11.6. The Kier molecular flexibility index (Phi) is 5.53. The highest BCUT2D eigenvalue weighted by Gasteiger charge is 2.48. The summed E-state index contributed by atoms with van der Waals surface area (Å²) in [4.78, 5) is 25.2. The van der Waals surface area contributed by atoms with Crippen LogP contribution in [-0.2, 0) is 11.3 Å². The van der Waals surface area contributed by atoms with Gasteiger partial charge in [0.25, 0.3) is 5.91 Å². The topological polar surface area (TPSA) is 98.3 Å². The van der Waals surface area contributed by atoms with Crippen LogP contribution in [0.4, 0.5) is 5.82 Å². The molecule has 4 aliphatic rings. The predicted molar refractivity (Wildman–Crippen MR) is 133 cm³/mol. The number of nitrogens with one attached hydrogen (secondary N) is 2. The number of anilines is 1. The minimum Gasteiger partial charge on any atom is -0.489 e. The number of nitrogens with zero attached hydrogens (tertiary/aromatic N) is 3. The molecule has 0 atom stereocenters. The molecular weight excluding hydrogens is 466 g/mol. The fraction of sp³-hybridized carbons (Fsp3) is 0.462. The van der Waals surface area contributed by atoms with Gasteiger partial charge >= 0.3 is 0 Å². The first kappa shape index (κ1) is 22.5. The number of carbonyl (C=O) groups excluding carboxylic acids is 1. The normalized spacial score (nSPS) is 25.1. The van der Waals surface area contributed by atoms with Crippen molar-refractivity contribution in [3.05, 3.63) is 46.9 Å². The summed E-state index contributed by atoms with van der Waals surface area (Å²) in [6.45, 7) is 3.31. The second-order valence-electron chi connectivity index (χ2n) is 10.2. The maximum Gasteiger partial charge on any atom is 0.263 e. The molecule has 182 valence electrons. The third-order valence-corrected chi connectivity index (χ3v) is 8.13. The van der Waals surface area contributed by atoms with Crippen molar-refractivity contribution in [1.82, 2.24) is 20.3 Å². The highest BCUT2D eigenvalue weighted by molar-refractivity contribution is 6.32. The van der Waals surface area contributed by atoms with Gasteiger partial charge in [0.2, 0.25) is 0 Å². The van der Waals surface area contributed by atoms with E-state index in [0.717, 1.165) is 60.9 Å². The van der Waals surface area contributed by atoms with Crippen LogP contribution in [0.2, 0.25) is 5.02 Å². The molecule has 4 heterocycles. The van der Waals surface area contributed by atoms with Gasteiger partial charge in [-0.1, -0.05) is 11.6 Å². The van der Waals surface area contributed by atoms with Gasteiger partial charge in [-0.2, -0.15) is 0 Å². The number of hydrogen-bond donors (Lipinski definition) is 2. The first-order valence-corrected chi connectivity index (χ1v) is 12.5. The highest BCUT2D eigenvalue weighted by Crippen LogP contribution is 2.53. The lowest BCUT2D eigenvalue weighted by Gasteiger charge is -2.53. The molecule has 3 aromatic heterocycles. The average molecular weight is 494 g/mol. The fourth-order valence-electron chi connectivity index (χ4n) is 5.61. The van der Waals surface area contributed by atoms with Crippen molar-refractivity contribution in [2.24, 2.45) is 5.41 Å². The molecule has 3 saturated carbocycles. The van der Waals surface area contributed by atoms with E-state index in [-0.39, 0.29) is 23.5 Å². The van der Waals surface area contributed by atoms with Crippen LogP contribution in [0.3, 0.4) is 0 Å². The van der Waals surface area contributed by atoms with E-state index in [1.54, 1.807) is 6.20 Å². The molecule has 3 aromatic rings. The van der Waals surface area contributed by atoms with Crippen molar-refractivity contribution in [3.8, 4) is 11.5 Å². The van der Waals surface area contributed by atoms with Crippen molar-refractivity contribution in [2.45, 2.75) is 57.5 Å². The number of hydrogen-bond acceptors (Lipinski definition) is 7. The number of ether oxygens (including phenoxy) is 2. The zero-order chi connectivity index (χ0) is 24.0. The van der Waals surface area contributed by atoms with Crippen molar-refractivity contribution in [2.75, 3.05) is 18.5 Å². The van der Waals surface area contributed by atoms with Crippen LogP contribution in [0.15, 0.2) is 30.5 Å².